The highest BCUT2D eigenvalue weighted by atomic mass is 16.7. The van der Waals surface area contributed by atoms with Gasteiger partial charge in [0.2, 0.25) is 0 Å². The first-order valence-electron chi connectivity index (χ1n) is 8.47. The highest BCUT2D eigenvalue weighted by Crippen LogP contribution is 2.42. The number of nitrogens with zero attached hydrogens (tertiary/aromatic N) is 1. The molecular formula is C22H21NO. The van der Waals surface area contributed by atoms with Crippen LogP contribution in [0.15, 0.2) is 91.0 Å². The van der Waals surface area contributed by atoms with Crippen LogP contribution in [0.1, 0.15) is 35.3 Å². The zero-order chi connectivity index (χ0) is 16.2. The fourth-order valence-electron chi connectivity index (χ4n) is 3.35. The van der Waals surface area contributed by atoms with E-state index in [-0.39, 0.29) is 12.1 Å². The van der Waals surface area contributed by atoms with E-state index in [9.17, 15) is 0 Å². The maximum Gasteiger partial charge on any atom is 0.106 e. The lowest BCUT2D eigenvalue weighted by Crippen LogP contribution is -2.21. The van der Waals surface area contributed by atoms with Crippen molar-refractivity contribution >= 4 is 0 Å². The van der Waals surface area contributed by atoms with Gasteiger partial charge in [-0.1, -0.05) is 91.0 Å². The second kappa shape index (κ2) is 7.00. The summed E-state index contributed by atoms with van der Waals surface area (Å²) in [6.45, 7) is 0.795. The number of rotatable bonds is 4. The van der Waals surface area contributed by atoms with Crippen molar-refractivity contribution in [1.29, 1.82) is 0 Å². The van der Waals surface area contributed by atoms with Gasteiger partial charge in [0.1, 0.15) is 6.10 Å². The van der Waals surface area contributed by atoms with E-state index in [2.05, 4.69) is 96.1 Å². The summed E-state index contributed by atoms with van der Waals surface area (Å²) in [4.78, 5) is 6.35. The van der Waals surface area contributed by atoms with Crippen LogP contribution in [0.4, 0.5) is 0 Å². The zero-order valence-corrected chi connectivity index (χ0v) is 13.6. The molecule has 2 atom stereocenters. The highest BCUT2D eigenvalue weighted by molar-refractivity contribution is 5.24. The van der Waals surface area contributed by atoms with Gasteiger partial charge in [-0.05, 0) is 16.7 Å². The molecule has 120 valence electrons. The van der Waals surface area contributed by atoms with Gasteiger partial charge in [0, 0.05) is 13.0 Å². The summed E-state index contributed by atoms with van der Waals surface area (Å²) in [6.07, 6.45) is 1.08. The molecule has 1 fully saturated rings. The zero-order valence-electron chi connectivity index (χ0n) is 13.6. The summed E-state index contributed by atoms with van der Waals surface area (Å²) < 4.78 is 0. The lowest BCUT2D eigenvalue weighted by molar-refractivity contribution is -0.172. The van der Waals surface area contributed by atoms with Gasteiger partial charge >= 0.3 is 0 Å². The van der Waals surface area contributed by atoms with Gasteiger partial charge < -0.3 is 0 Å². The summed E-state index contributed by atoms with van der Waals surface area (Å²) in [7, 11) is 0. The van der Waals surface area contributed by atoms with E-state index in [1.165, 1.54) is 16.7 Å². The van der Waals surface area contributed by atoms with Crippen LogP contribution >= 0.6 is 0 Å². The van der Waals surface area contributed by atoms with E-state index < -0.39 is 0 Å². The Kier molecular flexibility index (Phi) is 4.41. The van der Waals surface area contributed by atoms with Gasteiger partial charge in [-0.15, -0.1) is 0 Å². The van der Waals surface area contributed by atoms with Crippen molar-refractivity contribution in [2.75, 3.05) is 0 Å². The van der Waals surface area contributed by atoms with Crippen LogP contribution in [0, 0.1) is 0 Å². The summed E-state index contributed by atoms with van der Waals surface area (Å²) in [5.74, 6) is 0. The molecule has 0 unspecified atom stereocenters. The molecule has 3 aromatic carbocycles. The normalized spacial score (nSPS) is 21.0. The lowest BCUT2D eigenvalue weighted by Gasteiger charge is -2.23. The molecule has 1 aliphatic rings. The quantitative estimate of drug-likeness (QED) is 0.647. The molecule has 4 rings (SSSR count). The number of hydroxylamine groups is 2. The van der Waals surface area contributed by atoms with Gasteiger partial charge in [0.15, 0.2) is 0 Å². The molecule has 1 aliphatic heterocycles. The highest BCUT2D eigenvalue weighted by Gasteiger charge is 2.35. The smallest absolute Gasteiger partial charge is 0.106 e. The molecule has 0 spiro atoms. The summed E-state index contributed by atoms with van der Waals surface area (Å²) in [5.41, 5.74) is 3.83. The lowest BCUT2D eigenvalue weighted by atomic mass is 9.98. The minimum absolute atomic E-state index is 0.111. The van der Waals surface area contributed by atoms with E-state index in [1.807, 2.05) is 0 Å². The van der Waals surface area contributed by atoms with Crippen LogP contribution in [0.2, 0.25) is 0 Å². The van der Waals surface area contributed by atoms with Crippen LogP contribution in [0.3, 0.4) is 0 Å². The van der Waals surface area contributed by atoms with Crippen LogP contribution in [0.25, 0.3) is 0 Å². The molecule has 2 heteroatoms. The third-order valence-electron chi connectivity index (χ3n) is 4.58. The van der Waals surface area contributed by atoms with E-state index >= 15 is 0 Å². The maximum atomic E-state index is 6.35. The average Bonchev–Trinajstić information content (AvgIpc) is 3.08. The third kappa shape index (κ3) is 3.25. The second-order valence-corrected chi connectivity index (χ2v) is 6.23. The molecule has 2 nitrogen and oxygen atoms in total. The fraction of sp³-hybridized carbons (Fsp3) is 0.182. The number of hydrogen-bond donors (Lipinski definition) is 0. The molecule has 0 aromatic heterocycles. The van der Waals surface area contributed by atoms with E-state index in [4.69, 9.17) is 4.84 Å². The first-order valence-corrected chi connectivity index (χ1v) is 8.47. The monoisotopic (exact) mass is 315 g/mol. The Labute approximate surface area is 143 Å². The molecule has 3 aromatic rings. The van der Waals surface area contributed by atoms with Crippen LogP contribution in [-0.4, -0.2) is 5.06 Å². The third-order valence-corrected chi connectivity index (χ3v) is 4.58. The SMILES string of the molecule is c1ccc(CN2O[C@@H](c3ccccc3)C[C@H]2c2ccccc2)cc1. The molecule has 0 saturated carbocycles. The van der Waals surface area contributed by atoms with Gasteiger partial charge in [-0.3, -0.25) is 4.84 Å². The van der Waals surface area contributed by atoms with Crippen molar-refractivity contribution in [3.63, 3.8) is 0 Å². The van der Waals surface area contributed by atoms with Crippen molar-refractivity contribution in [1.82, 2.24) is 5.06 Å². The molecule has 1 saturated heterocycles. The summed E-state index contributed by atoms with van der Waals surface area (Å²) >= 11 is 0. The van der Waals surface area contributed by atoms with Gasteiger partial charge in [-0.25, -0.2) is 0 Å². The Morgan fingerprint density at radius 3 is 1.88 bits per heavy atom. The topological polar surface area (TPSA) is 12.5 Å². The summed E-state index contributed by atoms with van der Waals surface area (Å²) in [6, 6.07) is 32.0. The van der Waals surface area contributed by atoms with Crippen molar-refractivity contribution in [3.8, 4) is 0 Å². The average molecular weight is 315 g/mol. The molecule has 0 bridgehead atoms. The maximum absolute atomic E-state index is 6.35. The summed E-state index contributed by atoms with van der Waals surface area (Å²) in [5, 5.41) is 2.14. The minimum atomic E-state index is 0.111. The Balaban J connectivity index is 1.61. The Hall–Kier alpha value is -2.42. The predicted molar refractivity (Wildman–Crippen MR) is 96.1 cm³/mol. The van der Waals surface area contributed by atoms with E-state index in [1.54, 1.807) is 0 Å². The molecule has 24 heavy (non-hydrogen) atoms. The largest absolute Gasteiger partial charge is 0.290 e. The standard InChI is InChI=1S/C22H21NO/c1-4-10-18(11-5-1)17-23-21(19-12-6-2-7-13-19)16-22(24-23)20-14-8-3-9-15-20/h1-15,21-22H,16-17H2/t21-,22+/m0/s1. The van der Waals surface area contributed by atoms with Crippen LogP contribution < -0.4 is 0 Å². The van der Waals surface area contributed by atoms with Crippen molar-refractivity contribution in [2.24, 2.45) is 0 Å². The first kappa shape index (κ1) is 15.1. The number of hydrogen-bond acceptors (Lipinski definition) is 2. The fourth-order valence-corrected chi connectivity index (χ4v) is 3.35. The molecule has 1 heterocycles. The Bertz CT molecular complexity index is 758. The first-order chi connectivity index (χ1) is 11.9. The van der Waals surface area contributed by atoms with Crippen molar-refractivity contribution < 1.29 is 4.84 Å². The van der Waals surface area contributed by atoms with Gasteiger partial charge in [-0.2, -0.15) is 5.06 Å². The van der Waals surface area contributed by atoms with E-state index in [0.717, 1.165) is 13.0 Å². The van der Waals surface area contributed by atoms with Crippen molar-refractivity contribution in [3.05, 3.63) is 108 Å². The van der Waals surface area contributed by atoms with Gasteiger partial charge in [0.05, 0.1) is 6.04 Å². The second-order valence-electron chi connectivity index (χ2n) is 6.23. The van der Waals surface area contributed by atoms with Crippen LogP contribution in [0.5, 0.6) is 0 Å². The molecule has 0 N–H and O–H groups in total. The molecule has 0 radical (unpaired) electrons. The Morgan fingerprint density at radius 2 is 1.25 bits per heavy atom. The molecular weight excluding hydrogens is 294 g/mol. The van der Waals surface area contributed by atoms with E-state index in [0.29, 0.717) is 0 Å². The molecule has 0 amide bonds. The van der Waals surface area contributed by atoms with Crippen molar-refractivity contribution in [2.45, 2.75) is 25.1 Å². The van der Waals surface area contributed by atoms with Crippen LogP contribution in [-0.2, 0) is 11.4 Å². The van der Waals surface area contributed by atoms with Gasteiger partial charge in [0.25, 0.3) is 0 Å². The Morgan fingerprint density at radius 1 is 0.708 bits per heavy atom. The minimum Gasteiger partial charge on any atom is -0.290 e. The molecule has 0 aliphatic carbocycles. The number of benzene rings is 3. The predicted octanol–water partition coefficient (Wildman–Crippen LogP) is 5.31.